The highest BCUT2D eigenvalue weighted by Gasteiger charge is 2.35. The Kier molecular flexibility index (Phi) is 4.92. The van der Waals surface area contributed by atoms with E-state index in [1.54, 1.807) is 30.3 Å². The van der Waals surface area contributed by atoms with E-state index in [4.69, 9.17) is 9.15 Å². The van der Waals surface area contributed by atoms with Gasteiger partial charge in [0.05, 0.1) is 11.6 Å². The monoisotopic (exact) mass is 366 g/mol. The van der Waals surface area contributed by atoms with E-state index in [1.165, 1.54) is 0 Å². The molecule has 4 rings (SSSR count). The van der Waals surface area contributed by atoms with E-state index in [-0.39, 0.29) is 17.6 Å². The molecule has 1 amide bonds. The van der Waals surface area contributed by atoms with Crippen LogP contribution >= 0.6 is 0 Å². The summed E-state index contributed by atoms with van der Waals surface area (Å²) in [5.41, 5.74) is 2.08. The average molecular weight is 366 g/mol. The number of fused-ring (bicyclic) bond motifs is 1. The van der Waals surface area contributed by atoms with Gasteiger partial charge in [-0.15, -0.1) is 0 Å². The number of β-amino-alcohol motifs (C(OH)–C–C–N with tert-alkyl or cyclic N) is 1. The third-order valence-electron chi connectivity index (χ3n) is 5.07. The van der Waals surface area contributed by atoms with Crippen LogP contribution in [0.1, 0.15) is 21.9 Å². The van der Waals surface area contributed by atoms with Crippen molar-refractivity contribution in [2.75, 3.05) is 20.2 Å². The molecule has 1 fully saturated rings. The van der Waals surface area contributed by atoms with Crippen LogP contribution in [0, 0.1) is 5.92 Å². The minimum absolute atomic E-state index is 0.0202. The zero-order valence-electron chi connectivity index (χ0n) is 15.2. The second-order valence-electron chi connectivity index (χ2n) is 6.93. The summed E-state index contributed by atoms with van der Waals surface area (Å²) < 4.78 is 10.6. The molecule has 6 nitrogen and oxygen atoms in total. The number of hydrogen-bond acceptors (Lipinski definition) is 5. The number of amides is 1. The number of carbonyl (C=O) groups is 1. The molecule has 0 unspecified atom stereocenters. The zero-order chi connectivity index (χ0) is 18.8. The lowest BCUT2D eigenvalue weighted by atomic mass is 9.94. The highest BCUT2D eigenvalue weighted by molar-refractivity contribution is 5.91. The van der Waals surface area contributed by atoms with Gasteiger partial charge >= 0.3 is 0 Å². The summed E-state index contributed by atoms with van der Waals surface area (Å²) in [7, 11) is 1.58. The number of para-hydroxylation sites is 1. The van der Waals surface area contributed by atoms with Crippen LogP contribution in [0.2, 0.25) is 0 Å². The number of rotatable bonds is 5. The van der Waals surface area contributed by atoms with Crippen molar-refractivity contribution in [1.29, 1.82) is 0 Å². The first kappa shape index (κ1) is 17.7. The van der Waals surface area contributed by atoms with E-state index in [0.29, 0.717) is 31.9 Å². The molecule has 27 heavy (non-hydrogen) atoms. The molecule has 1 saturated heterocycles. The van der Waals surface area contributed by atoms with Gasteiger partial charge < -0.3 is 19.2 Å². The van der Waals surface area contributed by atoms with Gasteiger partial charge in [0, 0.05) is 37.7 Å². The van der Waals surface area contributed by atoms with Crippen LogP contribution < -0.4 is 0 Å². The van der Waals surface area contributed by atoms with Crippen molar-refractivity contribution in [2.45, 2.75) is 19.1 Å². The van der Waals surface area contributed by atoms with Crippen molar-refractivity contribution < 1.29 is 19.1 Å². The van der Waals surface area contributed by atoms with Crippen molar-refractivity contribution in [2.24, 2.45) is 5.92 Å². The van der Waals surface area contributed by atoms with Gasteiger partial charge in [-0.25, -0.2) is 0 Å². The molecule has 2 aromatic heterocycles. The molecule has 0 saturated carbocycles. The van der Waals surface area contributed by atoms with E-state index in [0.717, 1.165) is 16.5 Å². The fourth-order valence-corrected chi connectivity index (χ4v) is 3.70. The van der Waals surface area contributed by atoms with E-state index in [2.05, 4.69) is 4.98 Å². The summed E-state index contributed by atoms with van der Waals surface area (Å²) >= 11 is 0. The zero-order valence-corrected chi connectivity index (χ0v) is 15.2. The number of methoxy groups -OCH3 is 1. The number of nitrogens with zero attached hydrogens (tertiary/aromatic N) is 2. The van der Waals surface area contributed by atoms with Gasteiger partial charge in [0.15, 0.2) is 5.76 Å². The molecule has 0 radical (unpaired) electrons. The Bertz CT molecular complexity index is 947. The minimum atomic E-state index is -0.561. The van der Waals surface area contributed by atoms with Crippen molar-refractivity contribution in [1.82, 2.24) is 9.88 Å². The highest BCUT2D eigenvalue weighted by Crippen LogP contribution is 2.26. The number of aliphatic hydroxyl groups excluding tert-OH is 1. The fraction of sp³-hybridized carbons (Fsp3) is 0.333. The smallest absolute Gasteiger partial charge is 0.289 e. The molecular formula is C21H22N2O4. The third kappa shape index (κ3) is 3.59. The number of benzene rings is 1. The number of pyridine rings is 1. The van der Waals surface area contributed by atoms with E-state index >= 15 is 0 Å². The lowest BCUT2D eigenvalue weighted by Crippen LogP contribution is -2.29. The van der Waals surface area contributed by atoms with Crippen LogP contribution in [0.3, 0.4) is 0 Å². The first-order valence-electron chi connectivity index (χ1n) is 9.03. The normalized spacial score (nSPS) is 19.7. The number of aromatic nitrogens is 1. The predicted molar refractivity (Wildman–Crippen MR) is 100 cm³/mol. The van der Waals surface area contributed by atoms with Crippen molar-refractivity contribution in [3.63, 3.8) is 0 Å². The molecule has 0 aliphatic carbocycles. The Morgan fingerprint density at radius 1 is 1.26 bits per heavy atom. The van der Waals surface area contributed by atoms with Crippen LogP contribution in [-0.4, -0.2) is 47.2 Å². The van der Waals surface area contributed by atoms with E-state index < -0.39 is 6.10 Å². The minimum Gasteiger partial charge on any atom is -0.453 e. The van der Waals surface area contributed by atoms with Gasteiger partial charge in [-0.1, -0.05) is 18.2 Å². The van der Waals surface area contributed by atoms with Crippen LogP contribution in [0.15, 0.2) is 53.1 Å². The first-order valence-corrected chi connectivity index (χ1v) is 9.03. The van der Waals surface area contributed by atoms with Crippen molar-refractivity contribution in [3.05, 3.63) is 65.7 Å². The van der Waals surface area contributed by atoms with Gasteiger partial charge in [-0.2, -0.15) is 0 Å². The Balaban J connectivity index is 1.48. The summed E-state index contributed by atoms with van der Waals surface area (Å²) in [6.45, 7) is 1.14. The maximum atomic E-state index is 12.7. The molecule has 140 valence electrons. The van der Waals surface area contributed by atoms with Crippen molar-refractivity contribution >= 4 is 16.8 Å². The Morgan fingerprint density at radius 2 is 2.11 bits per heavy atom. The van der Waals surface area contributed by atoms with Gasteiger partial charge in [0.25, 0.3) is 5.91 Å². The Morgan fingerprint density at radius 3 is 2.96 bits per heavy atom. The summed E-state index contributed by atoms with van der Waals surface area (Å²) in [5, 5.41) is 11.6. The second-order valence-corrected chi connectivity index (χ2v) is 6.93. The van der Waals surface area contributed by atoms with Gasteiger partial charge in [0.2, 0.25) is 0 Å². The van der Waals surface area contributed by atoms with Crippen LogP contribution in [0.5, 0.6) is 0 Å². The first-order chi connectivity index (χ1) is 13.2. The van der Waals surface area contributed by atoms with Crippen LogP contribution in [0.4, 0.5) is 0 Å². The van der Waals surface area contributed by atoms with Crippen LogP contribution in [0.25, 0.3) is 10.9 Å². The molecule has 3 heterocycles. The van der Waals surface area contributed by atoms with Crippen molar-refractivity contribution in [3.8, 4) is 0 Å². The van der Waals surface area contributed by atoms with Gasteiger partial charge in [-0.05, 0) is 36.2 Å². The third-order valence-corrected chi connectivity index (χ3v) is 5.07. The molecular weight excluding hydrogens is 344 g/mol. The standard InChI is InChI=1S/C21H22N2O4/c1-26-13-16-6-7-20(27-16)21(25)23-11-15(19(24)12-23)10-14-8-9-22-18-5-3-2-4-17(14)18/h2-9,15,19,24H,10-13H2,1H3/t15-,19+/m1/s1. The molecule has 0 spiro atoms. The molecule has 1 aliphatic heterocycles. The molecule has 2 atom stereocenters. The summed E-state index contributed by atoms with van der Waals surface area (Å²) in [4.78, 5) is 18.7. The number of likely N-dealkylation sites (tertiary alicyclic amines) is 1. The SMILES string of the molecule is COCc1ccc(C(=O)N2C[C@@H](Cc3ccnc4ccccc34)[C@@H](O)C2)o1. The molecule has 0 bridgehead atoms. The number of hydrogen-bond donors (Lipinski definition) is 1. The molecule has 1 aliphatic rings. The largest absolute Gasteiger partial charge is 0.453 e. The quantitative estimate of drug-likeness (QED) is 0.751. The van der Waals surface area contributed by atoms with E-state index in [9.17, 15) is 9.90 Å². The number of aliphatic hydroxyl groups is 1. The molecule has 3 aromatic rings. The summed E-state index contributed by atoms with van der Waals surface area (Å²) in [6.07, 6.45) is 1.93. The molecule has 1 N–H and O–H groups in total. The predicted octanol–water partition coefficient (Wildman–Crippen LogP) is 2.65. The fourth-order valence-electron chi connectivity index (χ4n) is 3.70. The van der Waals surface area contributed by atoms with Gasteiger partial charge in [-0.3, -0.25) is 9.78 Å². The topological polar surface area (TPSA) is 75.8 Å². The maximum absolute atomic E-state index is 12.7. The highest BCUT2D eigenvalue weighted by atomic mass is 16.5. The maximum Gasteiger partial charge on any atom is 0.289 e. The lowest BCUT2D eigenvalue weighted by molar-refractivity contribution is 0.0726. The Labute approximate surface area is 157 Å². The molecule has 6 heteroatoms. The lowest BCUT2D eigenvalue weighted by Gasteiger charge is -2.15. The Hall–Kier alpha value is -2.70. The average Bonchev–Trinajstić information content (AvgIpc) is 3.29. The van der Waals surface area contributed by atoms with Gasteiger partial charge in [0.1, 0.15) is 12.4 Å². The second kappa shape index (κ2) is 7.50. The molecule has 1 aromatic carbocycles. The summed E-state index contributed by atoms with van der Waals surface area (Å²) in [5.74, 6) is 0.677. The number of ether oxygens (including phenoxy) is 1. The summed E-state index contributed by atoms with van der Waals surface area (Å²) in [6, 6.07) is 13.4. The van der Waals surface area contributed by atoms with E-state index in [1.807, 2.05) is 30.3 Å². The number of furan rings is 1. The van der Waals surface area contributed by atoms with Crippen LogP contribution in [-0.2, 0) is 17.8 Å². The number of carbonyl (C=O) groups excluding carboxylic acids is 1.